The highest BCUT2D eigenvalue weighted by atomic mass is 16.5. The number of nitrogens with zero attached hydrogens (tertiary/aromatic N) is 2. The maximum atomic E-state index is 12.7. The summed E-state index contributed by atoms with van der Waals surface area (Å²) in [7, 11) is 0. The summed E-state index contributed by atoms with van der Waals surface area (Å²) >= 11 is 0. The number of hydrogen-bond acceptors (Lipinski definition) is 5. The summed E-state index contributed by atoms with van der Waals surface area (Å²) in [6.45, 7) is 3.93. The predicted molar refractivity (Wildman–Crippen MR) is 97.3 cm³/mol. The molecule has 2 atom stereocenters. The Morgan fingerprint density at radius 2 is 1.74 bits per heavy atom. The summed E-state index contributed by atoms with van der Waals surface area (Å²) in [5.74, 6) is -1.35. The number of benzene rings is 1. The molecule has 1 aromatic carbocycles. The van der Waals surface area contributed by atoms with E-state index in [-0.39, 0.29) is 12.0 Å². The van der Waals surface area contributed by atoms with Crippen LogP contribution >= 0.6 is 0 Å². The van der Waals surface area contributed by atoms with Crippen LogP contribution in [0.15, 0.2) is 24.3 Å². The van der Waals surface area contributed by atoms with Gasteiger partial charge in [-0.05, 0) is 49.9 Å². The molecular formula is C20H24N2O5. The van der Waals surface area contributed by atoms with Gasteiger partial charge in [0.1, 0.15) is 5.75 Å². The summed E-state index contributed by atoms with van der Waals surface area (Å²) in [4.78, 5) is 51.8. The molecule has 1 aliphatic heterocycles. The standard InChI is InChI=1S/C20H24N2O5/c1-3-27-15-10-8-14(9-11-15)17(23)12-21-18(24)19(25)22(20(21)26)16-7-5-4-6-13(16)2/h8-11,13,16H,3-7,12H2,1-2H3. The van der Waals surface area contributed by atoms with E-state index in [1.807, 2.05) is 13.8 Å². The van der Waals surface area contributed by atoms with Crippen molar-refractivity contribution in [3.8, 4) is 5.75 Å². The van der Waals surface area contributed by atoms with Crippen LogP contribution in [0.4, 0.5) is 4.79 Å². The van der Waals surface area contributed by atoms with Gasteiger partial charge in [-0.25, -0.2) is 9.69 Å². The van der Waals surface area contributed by atoms with E-state index >= 15 is 0 Å². The van der Waals surface area contributed by atoms with E-state index in [1.54, 1.807) is 24.3 Å². The highest BCUT2D eigenvalue weighted by molar-refractivity contribution is 6.45. The smallest absolute Gasteiger partial charge is 0.334 e. The lowest BCUT2D eigenvalue weighted by molar-refractivity contribution is -0.144. The molecule has 1 saturated heterocycles. The summed E-state index contributed by atoms with van der Waals surface area (Å²) in [6.07, 6.45) is 3.60. The van der Waals surface area contributed by atoms with E-state index in [0.29, 0.717) is 24.3 Å². The van der Waals surface area contributed by atoms with Crippen LogP contribution in [0.2, 0.25) is 0 Å². The molecule has 3 rings (SSSR count). The summed E-state index contributed by atoms with van der Waals surface area (Å²) in [5, 5.41) is 0. The molecule has 1 heterocycles. The first-order valence-corrected chi connectivity index (χ1v) is 9.39. The second kappa shape index (κ2) is 7.90. The number of imide groups is 2. The van der Waals surface area contributed by atoms with Crippen LogP contribution in [0.3, 0.4) is 0 Å². The lowest BCUT2D eigenvalue weighted by Crippen LogP contribution is -2.46. The summed E-state index contributed by atoms with van der Waals surface area (Å²) in [5.41, 5.74) is 0.357. The van der Waals surface area contributed by atoms with Gasteiger partial charge in [0.05, 0.1) is 13.2 Å². The molecule has 0 bridgehead atoms. The molecule has 27 heavy (non-hydrogen) atoms. The van der Waals surface area contributed by atoms with E-state index in [0.717, 1.165) is 29.1 Å². The SMILES string of the molecule is CCOc1ccc(C(=O)CN2C(=O)C(=O)N(C3CCCCC3C)C2=O)cc1. The Bertz CT molecular complexity index is 758. The van der Waals surface area contributed by atoms with E-state index < -0.39 is 30.2 Å². The minimum atomic E-state index is -0.919. The Kier molecular flexibility index (Phi) is 5.58. The Morgan fingerprint density at radius 3 is 2.37 bits per heavy atom. The predicted octanol–water partition coefficient (Wildman–Crippen LogP) is 2.64. The Morgan fingerprint density at radius 1 is 1.07 bits per heavy atom. The lowest BCUT2D eigenvalue weighted by atomic mass is 9.85. The van der Waals surface area contributed by atoms with Crippen molar-refractivity contribution in [1.29, 1.82) is 0 Å². The molecule has 7 heteroatoms. The summed E-state index contributed by atoms with van der Waals surface area (Å²) < 4.78 is 5.33. The molecule has 1 saturated carbocycles. The van der Waals surface area contributed by atoms with Crippen LogP contribution in [0.5, 0.6) is 5.75 Å². The van der Waals surface area contributed by atoms with E-state index in [9.17, 15) is 19.2 Å². The molecule has 2 aliphatic rings. The fourth-order valence-corrected chi connectivity index (χ4v) is 3.77. The number of carbonyl (C=O) groups is 4. The quantitative estimate of drug-likeness (QED) is 0.435. The number of ketones is 1. The first-order valence-electron chi connectivity index (χ1n) is 9.39. The molecule has 7 nitrogen and oxygen atoms in total. The summed E-state index contributed by atoms with van der Waals surface area (Å²) in [6, 6.07) is 5.54. The van der Waals surface area contributed by atoms with Crippen molar-refractivity contribution in [2.75, 3.05) is 13.2 Å². The van der Waals surface area contributed by atoms with Crippen molar-refractivity contribution in [3.05, 3.63) is 29.8 Å². The third kappa shape index (κ3) is 3.72. The van der Waals surface area contributed by atoms with Crippen LogP contribution in [0, 0.1) is 5.92 Å². The number of Topliss-reactive ketones (excluding diaryl/α,β-unsaturated/α-hetero) is 1. The van der Waals surface area contributed by atoms with Gasteiger partial charge in [-0.3, -0.25) is 19.3 Å². The zero-order valence-electron chi connectivity index (χ0n) is 15.6. The lowest BCUT2D eigenvalue weighted by Gasteiger charge is -2.34. The minimum Gasteiger partial charge on any atom is -0.494 e. The molecule has 0 spiro atoms. The van der Waals surface area contributed by atoms with E-state index in [2.05, 4.69) is 0 Å². The second-order valence-electron chi connectivity index (χ2n) is 7.06. The minimum absolute atomic E-state index is 0.154. The molecule has 1 aromatic rings. The fourth-order valence-electron chi connectivity index (χ4n) is 3.77. The number of urea groups is 1. The van der Waals surface area contributed by atoms with Gasteiger partial charge >= 0.3 is 17.8 Å². The molecule has 0 N–H and O–H groups in total. The molecule has 0 radical (unpaired) electrons. The number of ether oxygens (including phenoxy) is 1. The van der Waals surface area contributed by atoms with Gasteiger partial charge in [-0.15, -0.1) is 0 Å². The van der Waals surface area contributed by atoms with Crippen molar-refractivity contribution in [1.82, 2.24) is 9.80 Å². The van der Waals surface area contributed by atoms with Gasteiger partial charge in [0.15, 0.2) is 5.78 Å². The molecule has 1 aliphatic carbocycles. The molecule has 144 valence electrons. The highest BCUT2D eigenvalue weighted by Crippen LogP contribution is 2.31. The van der Waals surface area contributed by atoms with Crippen molar-refractivity contribution in [2.45, 2.75) is 45.6 Å². The van der Waals surface area contributed by atoms with Crippen LogP contribution in [-0.4, -0.2) is 52.6 Å². The largest absolute Gasteiger partial charge is 0.494 e. The van der Waals surface area contributed by atoms with E-state index in [1.165, 1.54) is 0 Å². The zero-order valence-corrected chi connectivity index (χ0v) is 15.6. The third-order valence-corrected chi connectivity index (χ3v) is 5.27. The first kappa shape index (κ1) is 19.1. The second-order valence-corrected chi connectivity index (χ2v) is 7.06. The molecule has 4 amide bonds. The van der Waals surface area contributed by atoms with Crippen LogP contribution in [0.25, 0.3) is 0 Å². The molecule has 2 fully saturated rings. The van der Waals surface area contributed by atoms with Gasteiger partial charge in [0.2, 0.25) is 0 Å². The monoisotopic (exact) mass is 372 g/mol. The molecule has 2 unspecified atom stereocenters. The van der Waals surface area contributed by atoms with E-state index in [4.69, 9.17) is 4.74 Å². The van der Waals surface area contributed by atoms with Gasteiger partial charge < -0.3 is 4.74 Å². The Labute approximate surface area is 158 Å². The third-order valence-electron chi connectivity index (χ3n) is 5.27. The van der Waals surface area contributed by atoms with Gasteiger partial charge in [-0.2, -0.15) is 0 Å². The average molecular weight is 372 g/mol. The molecule has 0 aromatic heterocycles. The topological polar surface area (TPSA) is 84.0 Å². The zero-order chi connectivity index (χ0) is 19.6. The van der Waals surface area contributed by atoms with Crippen molar-refractivity contribution < 1.29 is 23.9 Å². The normalized spacial score (nSPS) is 23.1. The fraction of sp³-hybridized carbons (Fsp3) is 0.500. The van der Waals surface area contributed by atoms with Crippen LogP contribution < -0.4 is 4.74 Å². The first-order chi connectivity index (χ1) is 12.9. The number of rotatable bonds is 6. The number of amides is 4. The Hall–Kier alpha value is -2.70. The van der Waals surface area contributed by atoms with Crippen molar-refractivity contribution >= 4 is 23.6 Å². The Balaban J connectivity index is 1.72. The van der Waals surface area contributed by atoms with Crippen LogP contribution in [-0.2, 0) is 9.59 Å². The van der Waals surface area contributed by atoms with Crippen molar-refractivity contribution in [3.63, 3.8) is 0 Å². The van der Waals surface area contributed by atoms with Crippen LogP contribution in [0.1, 0.15) is 49.9 Å². The highest BCUT2D eigenvalue weighted by Gasteiger charge is 2.49. The molecular weight excluding hydrogens is 348 g/mol. The van der Waals surface area contributed by atoms with Gasteiger partial charge in [-0.1, -0.05) is 19.8 Å². The number of carbonyl (C=O) groups excluding carboxylic acids is 4. The van der Waals surface area contributed by atoms with Gasteiger partial charge in [0.25, 0.3) is 0 Å². The van der Waals surface area contributed by atoms with Gasteiger partial charge in [0, 0.05) is 11.6 Å². The maximum Gasteiger partial charge on any atom is 0.334 e. The average Bonchev–Trinajstić information content (AvgIpc) is 2.87. The van der Waals surface area contributed by atoms with Crippen molar-refractivity contribution in [2.24, 2.45) is 5.92 Å². The number of hydrogen-bond donors (Lipinski definition) is 0. The maximum absolute atomic E-state index is 12.7.